The van der Waals surface area contributed by atoms with Gasteiger partial charge in [0.05, 0.1) is 5.69 Å². The molecule has 0 radical (unpaired) electrons. The molecule has 8 heteroatoms. The molecule has 2 aromatic rings. The van der Waals surface area contributed by atoms with Crippen LogP contribution in [0.3, 0.4) is 0 Å². The van der Waals surface area contributed by atoms with Crippen molar-refractivity contribution in [3.63, 3.8) is 0 Å². The zero-order chi connectivity index (χ0) is 16.3. The van der Waals surface area contributed by atoms with Crippen LogP contribution in [0.2, 0.25) is 0 Å². The Labute approximate surface area is 133 Å². The molecule has 0 atom stereocenters. The number of aromatic nitrogens is 2. The summed E-state index contributed by atoms with van der Waals surface area (Å²) < 4.78 is 6.24. The van der Waals surface area contributed by atoms with Crippen molar-refractivity contribution in [2.45, 2.75) is 26.7 Å². The van der Waals surface area contributed by atoms with Crippen LogP contribution in [0.15, 0.2) is 35.1 Å². The normalized spacial score (nSPS) is 11.5. The van der Waals surface area contributed by atoms with E-state index in [1.54, 1.807) is 24.3 Å². The van der Waals surface area contributed by atoms with Crippen LogP contribution in [0.4, 0.5) is 0 Å². The lowest BCUT2D eigenvalue weighted by Gasteiger charge is -2.17. The van der Waals surface area contributed by atoms with E-state index in [4.69, 9.17) is 4.52 Å². The predicted octanol–water partition coefficient (Wildman–Crippen LogP) is 1.95. The van der Waals surface area contributed by atoms with Crippen molar-refractivity contribution < 1.29 is 14.3 Å². The van der Waals surface area contributed by atoms with Crippen molar-refractivity contribution in [2.24, 2.45) is 0 Å². The minimum atomic E-state index is -3.93. The molecule has 0 unspecified atom stereocenters. The SMILES string of the molecule is CCc1c(OP(O)(O)=S)nn(-c2ccccc2)c(=O)c1CC. The topological polar surface area (TPSA) is 84.6 Å². The van der Waals surface area contributed by atoms with Gasteiger partial charge < -0.3 is 14.3 Å². The Kier molecular flexibility index (Phi) is 5.13. The molecule has 0 saturated carbocycles. The average molecular weight is 340 g/mol. The molecule has 0 aliphatic carbocycles. The van der Waals surface area contributed by atoms with Gasteiger partial charge in [-0.05, 0) is 25.0 Å². The van der Waals surface area contributed by atoms with Gasteiger partial charge in [0, 0.05) is 22.9 Å². The Balaban J connectivity index is 2.73. The maximum absolute atomic E-state index is 12.6. The molecule has 1 heterocycles. The summed E-state index contributed by atoms with van der Waals surface area (Å²) >= 11 is 4.52. The van der Waals surface area contributed by atoms with Crippen LogP contribution >= 0.6 is 6.72 Å². The van der Waals surface area contributed by atoms with E-state index in [2.05, 4.69) is 16.9 Å². The zero-order valence-corrected chi connectivity index (χ0v) is 14.0. The molecule has 2 N–H and O–H groups in total. The van der Waals surface area contributed by atoms with Gasteiger partial charge in [0.25, 0.3) is 5.56 Å². The molecule has 22 heavy (non-hydrogen) atoms. The molecule has 0 aliphatic heterocycles. The summed E-state index contributed by atoms with van der Waals surface area (Å²) in [5, 5.41) is 4.13. The predicted molar refractivity (Wildman–Crippen MR) is 87.9 cm³/mol. The van der Waals surface area contributed by atoms with Gasteiger partial charge in [-0.25, -0.2) is 0 Å². The van der Waals surface area contributed by atoms with Crippen molar-refractivity contribution in [1.29, 1.82) is 0 Å². The zero-order valence-electron chi connectivity index (χ0n) is 12.3. The van der Waals surface area contributed by atoms with E-state index in [-0.39, 0.29) is 11.4 Å². The smallest absolute Gasteiger partial charge is 0.376 e. The average Bonchev–Trinajstić information content (AvgIpc) is 2.47. The third-order valence-electron chi connectivity index (χ3n) is 3.18. The van der Waals surface area contributed by atoms with Crippen LogP contribution in [0.1, 0.15) is 25.0 Å². The number of hydrogen-bond acceptors (Lipinski definition) is 4. The summed E-state index contributed by atoms with van der Waals surface area (Å²) in [6.07, 6.45) is 0.958. The quantitative estimate of drug-likeness (QED) is 0.810. The molecule has 2 rings (SSSR count). The highest BCUT2D eigenvalue weighted by Gasteiger charge is 2.21. The van der Waals surface area contributed by atoms with Gasteiger partial charge in [-0.3, -0.25) is 4.79 Å². The van der Waals surface area contributed by atoms with E-state index in [1.807, 2.05) is 19.9 Å². The molecular weight excluding hydrogens is 323 g/mol. The standard InChI is InChI=1S/C14H17N2O4PS/c1-3-11-12(4-2)14(17)16(10-8-6-5-7-9-10)15-13(11)20-21(18,19)22/h5-9H,3-4H2,1-2H3,(H2,18,19,22). The van der Waals surface area contributed by atoms with Gasteiger partial charge in [-0.2, -0.15) is 4.68 Å². The summed E-state index contributed by atoms with van der Waals surface area (Å²) in [6.45, 7) is -0.238. The highest BCUT2D eigenvalue weighted by atomic mass is 32.5. The summed E-state index contributed by atoms with van der Waals surface area (Å²) in [6, 6.07) is 8.86. The van der Waals surface area contributed by atoms with E-state index >= 15 is 0 Å². The largest absolute Gasteiger partial charge is 0.404 e. The van der Waals surface area contributed by atoms with Crippen LogP contribution in [-0.2, 0) is 24.6 Å². The van der Waals surface area contributed by atoms with E-state index in [1.165, 1.54) is 4.68 Å². The first kappa shape index (κ1) is 16.8. The van der Waals surface area contributed by atoms with Gasteiger partial charge in [0.15, 0.2) is 0 Å². The van der Waals surface area contributed by atoms with Crippen molar-refractivity contribution >= 4 is 18.5 Å². The Morgan fingerprint density at radius 3 is 2.27 bits per heavy atom. The summed E-state index contributed by atoms with van der Waals surface area (Å²) in [4.78, 5) is 31.4. The Morgan fingerprint density at radius 2 is 1.77 bits per heavy atom. The van der Waals surface area contributed by atoms with E-state index < -0.39 is 6.72 Å². The van der Waals surface area contributed by atoms with Crippen molar-refractivity contribution in [3.05, 3.63) is 51.8 Å². The van der Waals surface area contributed by atoms with Crippen LogP contribution in [-0.4, -0.2) is 19.6 Å². The second-order valence-electron chi connectivity index (χ2n) is 4.60. The van der Waals surface area contributed by atoms with Crippen molar-refractivity contribution in [2.75, 3.05) is 0 Å². The van der Waals surface area contributed by atoms with Gasteiger partial charge in [-0.1, -0.05) is 32.0 Å². The number of benzene rings is 1. The highest BCUT2D eigenvalue weighted by molar-refractivity contribution is 8.06. The molecule has 1 aromatic carbocycles. The first-order valence-electron chi connectivity index (χ1n) is 6.83. The third kappa shape index (κ3) is 3.62. The maximum Gasteiger partial charge on any atom is 0.376 e. The summed E-state index contributed by atoms with van der Waals surface area (Å²) in [5.41, 5.74) is 1.40. The molecule has 0 fully saturated rings. The van der Waals surface area contributed by atoms with Gasteiger partial charge in [0.1, 0.15) is 0 Å². The first-order chi connectivity index (χ1) is 10.4. The lowest BCUT2D eigenvalue weighted by atomic mass is 10.1. The second kappa shape index (κ2) is 6.71. The third-order valence-corrected chi connectivity index (χ3v) is 3.81. The fraction of sp³-hybridized carbons (Fsp3) is 0.286. The van der Waals surface area contributed by atoms with Crippen LogP contribution < -0.4 is 10.1 Å². The van der Waals surface area contributed by atoms with Gasteiger partial charge in [-0.15, -0.1) is 5.10 Å². The van der Waals surface area contributed by atoms with E-state index in [0.29, 0.717) is 29.7 Å². The van der Waals surface area contributed by atoms with E-state index in [9.17, 15) is 14.6 Å². The molecule has 118 valence electrons. The van der Waals surface area contributed by atoms with E-state index in [0.717, 1.165) is 0 Å². The molecule has 0 spiro atoms. The molecule has 1 aromatic heterocycles. The number of para-hydroxylation sites is 1. The Morgan fingerprint density at radius 1 is 1.18 bits per heavy atom. The number of nitrogens with zero attached hydrogens (tertiary/aromatic N) is 2. The minimum Gasteiger partial charge on any atom is -0.404 e. The Bertz CT molecular complexity index is 770. The van der Waals surface area contributed by atoms with Crippen molar-refractivity contribution in [1.82, 2.24) is 9.78 Å². The maximum atomic E-state index is 12.6. The van der Waals surface area contributed by atoms with Gasteiger partial charge >= 0.3 is 6.72 Å². The molecule has 0 bridgehead atoms. The fourth-order valence-corrected chi connectivity index (χ4v) is 2.83. The van der Waals surface area contributed by atoms with Crippen LogP contribution in [0.5, 0.6) is 5.88 Å². The second-order valence-corrected chi connectivity index (χ2v) is 7.19. The summed E-state index contributed by atoms with van der Waals surface area (Å²) in [7, 11) is 0. The highest BCUT2D eigenvalue weighted by Crippen LogP contribution is 2.38. The lowest BCUT2D eigenvalue weighted by Crippen LogP contribution is -2.27. The minimum absolute atomic E-state index is 0.00358. The van der Waals surface area contributed by atoms with Crippen LogP contribution in [0.25, 0.3) is 5.69 Å². The Hall–Kier alpha value is -1.53. The first-order valence-corrected chi connectivity index (χ1v) is 9.45. The molecular formula is C14H17N2O4PS. The lowest BCUT2D eigenvalue weighted by molar-refractivity contribution is 0.358. The fourth-order valence-electron chi connectivity index (χ4n) is 2.24. The van der Waals surface area contributed by atoms with Crippen molar-refractivity contribution in [3.8, 4) is 11.6 Å². The van der Waals surface area contributed by atoms with Gasteiger partial charge in [0.2, 0.25) is 5.88 Å². The molecule has 0 saturated heterocycles. The molecule has 0 amide bonds. The number of rotatable bonds is 5. The molecule has 6 nitrogen and oxygen atoms in total. The monoisotopic (exact) mass is 340 g/mol. The molecule has 0 aliphatic rings. The summed E-state index contributed by atoms with van der Waals surface area (Å²) in [5.74, 6) is -0.00358. The number of hydrogen-bond donors (Lipinski definition) is 2. The van der Waals surface area contributed by atoms with Crippen LogP contribution in [0, 0.1) is 0 Å².